The molecule has 0 radical (unpaired) electrons. The minimum absolute atomic E-state index is 0. The van der Waals surface area contributed by atoms with Crippen LogP contribution in [0, 0.1) is 0 Å². The van der Waals surface area contributed by atoms with Crippen LogP contribution < -0.4 is 104 Å². The second kappa shape index (κ2) is 33.0. The average molecular weight is 836 g/mol. The van der Waals surface area contributed by atoms with Crippen molar-refractivity contribution in [1.29, 1.82) is 0 Å². The largest absolute Gasteiger partial charge is 1.00 e. The number of carboxylic acid groups (broad SMARTS) is 9. The van der Waals surface area contributed by atoms with E-state index in [1.165, 1.54) is 0 Å². The number of carbonyl (C=O) groups is 9. The molecular weight excluding hydrogens is 808 g/mol. The van der Waals surface area contributed by atoms with Crippen molar-refractivity contribution < 1.29 is 237 Å². The normalized spacial score (nSPS) is 9.98. The fourth-order valence-electron chi connectivity index (χ4n) is 3.11. The Kier molecular flexibility index (Phi) is 40.7. The van der Waals surface area contributed by atoms with Crippen molar-refractivity contribution in [3.05, 3.63) is 0 Å². The maximum absolute atomic E-state index is 10.8. The van der Waals surface area contributed by atoms with E-state index >= 15 is 0 Å². The van der Waals surface area contributed by atoms with Gasteiger partial charge in [-0.05, 0) is 0 Å². The van der Waals surface area contributed by atoms with Gasteiger partial charge in [0.2, 0.25) is 0 Å². The fraction of sp³-hybridized carbons (Fsp3) is 0.500. The molecule has 0 unspecified atom stereocenters. The van der Waals surface area contributed by atoms with E-state index in [0.29, 0.717) is 0 Å². The third kappa shape index (κ3) is 34.9. The summed E-state index contributed by atoms with van der Waals surface area (Å²) in [6, 6.07) is 0. The minimum atomic E-state index is -2.92. The molecule has 55 heavy (non-hydrogen) atoms. The Morgan fingerprint density at radius 3 is 0.527 bits per heavy atom. The Bertz CT molecular complexity index is 1060. The molecule has 0 aromatic rings. The Morgan fingerprint density at radius 2 is 0.473 bits per heavy atom. The molecule has 0 aromatic heterocycles. The Labute approximate surface area is 372 Å². The van der Waals surface area contributed by atoms with Crippen molar-refractivity contribution in [1.82, 2.24) is 0 Å². The Balaban J connectivity index is -0.000000116. The SMILES string of the molecule is O=C(O)CC(CC(=O)O)(OB(O)O)C(=O)O.O=C(O)CC(CC(=O)O)(OB(O)O)C(=O)O.O=C(O)CC(CC(=O)O)(OB(O)O)C(=O)O.[Na+].[Na+].[Na+].[O-]B([O-])[O-]. The number of aliphatic carboxylic acids is 9. The van der Waals surface area contributed by atoms with Crippen LogP contribution in [0.3, 0.4) is 0 Å². The van der Waals surface area contributed by atoms with E-state index in [9.17, 15) is 43.2 Å². The molecule has 0 bridgehead atoms. The van der Waals surface area contributed by atoms with Gasteiger partial charge in [0, 0.05) is 0 Å². The first-order valence-electron chi connectivity index (χ1n) is 12.4. The first-order chi connectivity index (χ1) is 23.3. The number of hydrogen-bond acceptors (Lipinski definition) is 21. The summed E-state index contributed by atoms with van der Waals surface area (Å²) in [5.74, 6) is -15.6. The van der Waals surface area contributed by atoms with Gasteiger partial charge in [0.15, 0.2) is 16.8 Å². The number of hydrogen-bond donors (Lipinski definition) is 15. The third-order valence-electron chi connectivity index (χ3n) is 4.78. The van der Waals surface area contributed by atoms with Crippen molar-refractivity contribution in [2.75, 3.05) is 0 Å². The van der Waals surface area contributed by atoms with Crippen LogP contribution in [0.1, 0.15) is 38.5 Å². The third-order valence-corrected chi connectivity index (χ3v) is 4.78. The van der Waals surface area contributed by atoms with Gasteiger partial charge in [-0.3, -0.25) is 36.1 Å². The molecule has 0 aliphatic rings. The molecule has 15 N–H and O–H groups in total. The van der Waals surface area contributed by atoms with Gasteiger partial charge in [-0.2, -0.15) is 0 Å². The van der Waals surface area contributed by atoms with Gasteiger partial charge in [0.1, 0.15) is 0 Å². The summed E-state index contributed by atoms with van der Waals surface area (Å²) in [4.78, 5) is 94.6. The van der Waals surface area contributed by atoms with Crippen LogP contribution in [0.5, 0.6) is 0 Å². The van der Waals surface area contributed by atoms with Gasteiger partial charge in [0.05, 0.1) is 38.5 Å². The summed E-state index contributed by atoms with van der Waals surface area (Å²) in [6.07, 6.45) is -7.30. The molecule has 0 spiro atoms. The molecule has 0 saturated heterocycles. The average Bonchev–Trinajstić information content (AvgIpc) is 2.85. The summed E-state index contributed by atoms with van der Waals surface area (Å²) in [7, 11) is -10.7. The number of carboxylic acids is 9. The topological polar surface area (TPSA) is 554 Å². The maximum Gasteiger partial charge on any atom is 1.00 e. The molecule has 0 rings (SSSR count). The van der Waals surface area contributed by atoms with E-state index in [2.05, 4.69) is 14.0 Å². The summed E-state index contributed by atoms with van der Waals surface area (Å²) >= 11 is 0. The van der Waals surface area contributed by atoms with E-state index in [4.69, 9.17) is 91.2 Å². The van der Waals surface area contributed by atoms with Crippen LogP contribution in [-0.4, -0.2) is 176 Å². The quantitative estimate of drug-likeness (QED) is 0.0477. The van der Waals surface area contributed by atoms with E-state index in [-0.39, 0.29) is 88.7 Å². The summed E-state index contributed by atoms with van der Waals surface area (Å²) < 4.78 is 12.2. The minimum Gasteiger partial charge on any atom is -0.907 e. The fourth-order valence-corrected chi connectivity index (χ4v) is 3.11. The zero-order valence-corrected chi connectivity index (χ0v) is 34.4. The van der Waals surface area contributed by atoms with Crippen LogP contribution in [-0.2, 0) is 57.1 Å². The van der Waals surface area contributed by atoms with Crippen LogP contribution in [0.2, 0.25) is 0 Å². The van der Waals surface area contributed by atoms with Crippen molar-refractivity contribution in [3.63, 3.8) is 0 Å². The summed E-state index contributed by atoms with van der Waals surface area (Å²) in [5, 5.41) is 153. The van der Waals surface area contributed by atoms with Crippen molar-refractivity contribution in [2.24, 2.45) is 0 Å². The zero-order chi connectivity index (χ0) is 42.4. The van der Waals surface area contributed by atoms with Crippen molar-refractivity contribution in [2.45, 2.75) is 55.3 Å². The molecule has 30 nitrogen and oxygen atoms in total. The molecule has 0 atom stereocenters. The molecule has 0 aromatic carbocycles. The first kappa shape index (κ1) is 67.7. The van der Waals surface area contributed by atoms with Gasteiger partial charge < -0.3 is 105 Å². The van der Waals surface area contributed by atoms with Gasteiger partial charge in [-0.25, -0.2) is 14.4 Å². The smallest absolute Gasteiger partial charge is 0.907 e. The van der Waals surface area contributed by atoms with E-state index < -0.39 is 138 Å². The monoisotopic (exact) mass is 836 g/mol. The number of rotatable bonds is 21. The van der Waals surface area contributed by atoms with E-state index in [1.807, 2.05) is 0 Å². The predicted molar refractivity (Wildman–Crippen MR) is 144 cm³/mol. The van der Waals surface area contributed by atoms with Crippen LogP contribution in [0.4, 0.5) is 0 Å². The first-order valence-corrected chi connectivity index (χ1v) is 12.4. The van der Waals surface area contributed by atoms with Gasteiger partial charge in [0.25, 0.3) is 0 Å². The molecule has 0 amide bonds. The molecule has 0 saturated carbocycles. The van der Waals surface area contributed by atoms with Crippen molar-refractivity contribution in [3.8, 4) is 0 Å². The maximum atomic E-state index is 10.8. The van der Waals surface area contributed by atoms with Crippen LogP contribution >= 0.6 is 0 Å². The molecule has 294 valence electrons. The van der Waals surface area contributed by atoms with E-state index in [1.54, 1.807) is 0 Å². The van der Waals surface area contributed by atoms with Crippen molar-refractivity contribution >= 4 is 83.0 Å². The van der Waals surface area contributed by atoms with Gasteiger partial charge >= 0.3 is 164 Å². The standard InChI is InChI=1S/3C6H9BO9.BO3.3Na/c3*8-3(9)1-6(5(12)13,2-4(10)11)16-7(14)15;2-1(3)4;;;/h3*14-15H,1-2H2,(H,8,9)(H,10,11)(H,12,13);;;;/q;;;-3;3*+1. The van der Waals surface area contributed by atoms with Crippen LogP contribution in [0.25, 0.3) is 0 Å². The molecule has 37 heteroatoms. The molecule has 0 aliphatic carbocycles. The second-order valence-corrected chi connectivity index (χ2v) is 8.94. The van der Waals surface area contributed by atoms with Gasteiger partial charge in [-0.15, -0.1) is 0 Å². The molecule has 0 aliphatic heterocycles. The predicted octanol–water partition coefficient (Wildman–Crippen LogP) is -19.7. The van der Waals surface area contributed by atoms with E-state index in [0.717, 1.165) is 0 Å². The molecular formula is C18H27B4Na3O30. The Morgan fingerprint density at radius 1 is 0.364 bits per heavy atom. The van der Waals surface area contributed by atoms with Crippen LogP contribution in [0.15, 0.2) is 0 Å². The Hall–Kier alpha value is -1.99. The molecule has 0 heterocycles. The summed E-state index contributed by atoms with van der Waals surface area (Å²) in [5.41, 5.74) is -8.15. The molecule has 0 fully saturated rings. The zero-order valence-electron chi connectivity index (χ0n) is 28.4. The van der Waals surface area contributed by atoms with Gasteiger partial charge in [-0.1, -0.05) is 0 Å². The second-order valence-electron chi connectivity index (χ2n) is 8.94. The summed E-state index contributed by atoms with van der Waals surface area (Å²) in [6.45, 7) is 0.